The predicted molar refractivity (Wildman–Crippen MR) is 97.0 cm³/mol. The highest BCUT2D eigenvalue weighted by Gasteiger charge is 2.16. The Kier molecular flexibility index (Phi) is 15.3. The van der Waals surface area contributed by atoms with Crippen molar-refractivity contribution in [2.45, 2.75) is 116 Å². The molecular weight excluding hydrogens is 312 g/mol. The van der Waals surface area contributed by atoms with Crippen molar-refractivity contribution in [3.05, 3.63) is 0 Å². The Balaban J connectivity index is 3.54. The average Bonchev–Trinajstić information content (AvgIpc) is 2.48. The van der Waals surface area contributed by atoms with Gasteiger partial charge in [-0.1, -0.05) is 97.3 Å². The Morgan fingerprint density at radius 1 is 0.696 bits per heavy atom. The molecule has 1 N–H and O–H groups in total. The highest BCUT2D eigenvalue weighted by molar-refractivity contribution is 7.80. The first-order valence-corrected chi connectivity index (χ1v) is 11.0. The van der Waals surface area contributed by atoms with E-state index < -0.39 is 10.4 Å². The molecular formula is C18H38O4S. The maximum atomic E-state index is 10.8. The van der Waals surface area contributed by atoms with Crippen molar-refractivity contribution in [2.24, 2.45) is 0 Å². The second-order valence-electron chi connectivity index (χ2n) is 6.61. The van der Waals surface area contributed by atoms with Crippen molar-refractivity contribution < 1.29 is 17.2 Å². The molecule has 0 aromatic rings. The molecule has 4 nitrogen and oxygen atoms in total. The Bertz CT molecular complexity index is 341. The van der Waals surface area contributed by atoms with E-state index in [-0.39, 0.29) is 6.10 Å². The van der Waals surface area contributed by atoms with Gasteiger partial charge in [-0.15, -0.1) is 0 Å². The average molecular weight is 351 g/mol. The zero-order valence-corrected chi connectivity index (χ0v) is 16.1. The lowest BCUT2D eigenvalue weighted by Crippen LogP contribution is -2.18. The fourth-order valence-electron chi connectivity index (χ4n) is 2.88. The van der Waals surface area contributed by atoms with Crippen LogP contribution >= 0.6 is 0 Å². The van der Waals surface area contributed by atoms with E-state index in [0.29, 0.717) is 6.42 Å². The summed E-state index contributed by atoms with van der Waals surface area (Å²) in [5, 5.41) is 0. The van der Waals surface area contributed by atoms with Crippen LogP contribution in [0.5, 0.6) is 0 Å². The third kappa shape index (κ3) is 18.1. The van der Waals surface area contributed by atoms with E-state index in [2.05, 4.69) is 13.8 Å². The van der Waals surface area contributed by atoms with E-state index in [1.54, 1.807) is 0 Å². The van der Waals surface area contributed by atoms with Gasteiger partial charge in [0.05, 0.1) is 6.10 Å². The van der Waals surface area contributed by atoms with Gasteiger partial charge >= 0.3 is 10.4 Å². The van der Waals surface area contributed by atoms with E-state index in [1.165, 1.54) is 57.8 Å². The largest absolute Gasteiger partial charge is 0.397 e. The van der Waals surface area contributed by atoms with Gasteiger partial charge in [0, 0.05) is 0 Å². The third-order valence-corrected chi connectivity index (χ3v) is 4.78. The van der Waals surface area contributed by atoms with Gasteiger partial charge in [0.15, 0.2) is 0 Å². The van der Waals surface area contributed by atoms with Crippen LogP contribution in [0.25, 0.3) is 0 Å². The molecule has 0 aliphatic heterocycles. The molecule has 5 heteroatoms. The van der Waals surface area contributed by atoms with Gasteiger partial charge in [-0.25, -0.2) is 4.18 Å². The van der Waals surface area contributed by atoms with Gasteiger partial charge < -0.3 is 0 Å². The van der Waals surface area contributed by atoms with E-state index >= 15 is 0 Å². The third-order valence-electron chi connectivity index (χ3n) is 4.27. The molecule has 0 heterocycles. The number of unbranched alkanes of at least 4 members (excludes halogenated alkanes) is 11. The van der Waals surface area contributed by atoms with Crippen LogP contribution in [0.1, 0.15) is 110 Å². The minimum absolute atomic E-state index is 0.358. The van der Waals surface area contributed by atoms with Crippen LogP contribution in [-0.2, 0) is 14.6 Å². The van der Waals surface area contributed by atoms with E-state index in [4.69, 9.17) is 8.74 Å². The van der Waals surface area contributed by atoms with Crippen LogP contribution in [0.4, 0.5) is 0 Å². The molecule has 0 aliphatic carbocycles. The molecule has 1 atom stereocenters. The molecule has 0 radical (unpaired) electrons. The van der Waals surface area contributed by atoms with Gasteiger partial charge in [0.1, 0.15) is 0 Å². The lowest BCUT2D eigenvalue weighted by Gasteiger charge is -2.14. The van der Waals surface area contributed by atoms with E-state index in [1.807, 2.05) is 0 Å². The predicted octanol–water partition coefficient (Wildman–Crippen LogP) is 6.07. The van der Waals surface area contributed by atoms with Crippen molar-refractivity contribution in [1.82, 2.24) is 0 Å². The van der Waals surface area contributed by atoms with Gasteiger partial charge in [0.2, 0.25) is 0 Å². The SMILES string of the molecule is CCCCCCCCCCCCCC(CCCC)OS(=O)(=O)O. The van der Waals surface area contributed by atoms with Crippen molar-refractivity contribution in [2.75, 3.05) is 0 Å². The molecule has 0 fully saturated rings. The lowest BCUT2D eigenvalue weighted by molar-refractivity contribution is 0.158. The summed E-state index contributed by atoms with van der Waals surface area (Å²) in [5.41, 5.74) is 0. The second-order valence-corrected chi connectivity index (χ2v) is 7.66. The fourth-order valence-corrected chi connectivity index (χ4v) is 3.42. The molecule has 0 bridgehead atoms. The summed E-state index contributed by atoms with van der Waals surface area (Å²) in [6.45, 7) is 4.31. The van der Waals surface area contributed by atoms with Gasteiger partial charge in [0.25, 0.3) is 0 Å². The zero-order valence-electron chi connectivity index (χ0n) is 15.3. The smallest absolute Gasteiger partial charge is 0.264 e. The Morgan fingerprint density at radius 2 is 1.09 bits per heavy atom. The van der Waals surface area contributed by atoms with Crippen molar-refractivity contribution in [3.8, 4) is 0 Å². The molecule has 1 unspecified atom stereocenters. The maximum Gasteiger partial charge on any atom is 0.397 e. The summed E-state index contributed by atoms with van der Waals surface area (Å²) in [6.07, 6.45) is 17.0. The first kappa shape index (κ1) is 22.9. The summed E-state index contributed by atoms with van der Waals surface area (Å²) < 4.78 is 35.3. The monoisotopic (exact) mass is 350 g/mol. The summed E-state index contributed by atoms with van der Waals surface area (Å²) in [5.74, 6) is 0. The van der Waals surface area contributed by atoms with Crippen LogP contribution in [0.3, 0.4) is 0 Å². The summed E-state index contributed by atoms with van der Waals surface area (Å²) in [4.78, 5) is 0. The highest BCUT2D eigenvalue weighted by Crippen LogP contribution is 2.17. The summed E-state index contributed by atoms with van der Waals surface area (Å²) in [7, 11) is -4.32. The van der Waals surface area contributed by atoms with Crippen LogP contribution in [0.2, 0.25) is 0 Å². The fraction of sp³-hybridized carbons (Fsp3) is 1.00. The zero-order chi connectivity index (χ0) is 17.4. The van der Waals surface area contributed by atoms with E-state index in [9.17, 15) is 8.42 Å². The van der Waals surface area contributed by atoms with Gasteiger partial charge in [-0.05, 0) is 12.8 Å². The molecule has 0 saturated heterocycles. The molecule has 0 saturated carbocycles. The molecule has 23 heavy (non-hydrogen) atoms. The molecule has 0 amide bonds. The molecule has 0 rings (SSSR count). The molecule has 0 aromatic heterocycles. The lowest BCUT2D eigenvalue weighted by atomic mass is 10.0. The number of hydrogen-bond acceptors (Lipinski definition) is 3. The summed E-state index contributed by atoms with van der Waals surface area (Å²) >= 11 is 0. The van der Waals surface area contributed by atoms with Crippen molar-refractivity contribution >= 4 is 10.4 Å². The number of rotatable bonds is 17. The normalized spacial score (nSPS) is 13.3. The standard InChI is InChI=1S/C18H38O4S/c1-3-5-7-8-9-10-11-12-13-14-15-17-18(16-6-4-2)22-23(19,20)21/h18H,3-17H2,1-2H3,(H,19,20,21). The second kappa shape index (κ2) is 15.4. The minimum atomic E-state index is -4.32. The highest BCUT2D eigenvalue weighted by atomic mass is 32.3. The first-order chi connectivity index (χ1) is 11.0. The summed E-state index contributed by atoms with van der Waals surface area (Å²) in [6, 6.07) is 0. The van der Waals surface area contributed by atoms with E-state index in [0.717, 1.165) is 32.1 Å². The van der Waals surface area contributed by atoms with Crippen LogP contribution < -0.4 is 0 Å². The molecule has 0 spiro atoms. The maximum absolute atomic E-state index is 10.8. The number of hydrogen-bond donors (Lipinski definition) is 1. The van der Waals surface area contributed by atoms with Crippen LogP contribution in [0.15, 0.2) is 0 Å². The van der Waals surface area contributed by atoms with Crippen molar-refractivity contribution in [1.29, 1.82) is 0 Å². The van der Waals surface area contributed by atoms with Crippen LogP contribution in [0, 0.1) is 0 Å². The molecule has 0 aromatic carbocycles. The first-order valence-electron chi connectivity index (χ1n) is 9.65. The molecule has 0 aliphatic rings. The van der Waals surface area contributed by atoms with Gasteiger partial charge in [-0.2, -0.15) is 8.42 Å². The van der Waals surface area contributed by atoms with Gasteiger partial charge in [-0.3, -0.25) is 4.55 Å². The topological polar surface area (TPSA) is 63.6 Å². The minimum Gasteiger partial charge on any atom is -0.264 e. The Morgan fingerprint density at radius 3 is 1.52 bits per heavy atom. The molecule has 140 valence electrons. The quantitative estimate of drug-likeness (QED) is 0.255. The Labute approximate surface area is 144 Å². The van der Waals surface area contributed by atoms with Crippen molar-refractivity contribution in [3.63, 3.8) is 0 Å². The Hall–Kier alpha value is -0.130. The van der Waals surface area contributed by atoms with Crippen LogP contribution in [-0.4, -0.2) is 19.1 Å².